The van der Waals surface area contributed by atoms with Crippen LogP contribution in [0.4, 0.5) is 5.69 Å². The highest BCUT2D eigenvalue weighted by atomic mass is 16.7. The Morgan fingerprint density at radius 3 is 2.74 bits per heavy atom. The molecule has 0 aliphatic rings. The van der Waals surface area contributed by atoms with Gasteiger partial charge in [-0.15, -0.1) is 0 Å². The topological polar surface area (TPSA) is 151 Å². The van der Waals surface area contributed by atoms with E-state index in [0.29, 0.717) is 4.57 Å². The van der Waals surface area contributed by atoms with Crippen LogP contribution in [0.15, 0.2) is 15.8 Å². The van der Waals surface area contributed by atoms with E-state index < -0.39 is 27.8 Å². The van der Waals surface area contributed by atoms with Crippen molar-refractivity contribution in [1.29, 1.82) is 0 Å². The van der Waals surface area contributed by atoms with Gasteiger partial charge in [-0.1, -0.05) is 5.59 Å². The van der Waals surface area contributed by atoms with E-state index in [9.17, 15) is 24.5 Å². The van der Waals surface area contributed by atoms with Gasteiger partial charge in [0.15, 0.2) is 0 Å². The summed E-state index contributed by atoms with van der Waals surface area (Å²) in [5.41, 5.74) is -0.967. The van der Waals surface area contributed by atoms with E-state index in [1.165, 1.54) is 7.05 Å². The molecule has 0 bridgehead atoms. The predicted octanol–water partition coefficient (Wildman–Crippen LogP) is -2.23. The van der Waals surface area contributed by atoms with Crippen molar-refractivity contribution < 1.29 is 14.6 Å². The predicted molar refractivity (Wildman–Crippen MR) is 60.6 cm³/mol. The Bertz CT molecular complexity index is 617. The van der Waals surface area contributed by atoms with Gasteiger partial charge in [0.1, 0.15) is 0 Å². The number of aromatic nitrogens is 2. The summed E-state index contributed by atoms with van der Waals surface area (Å²) < 4.78 is 1.46. The number of nitro groups is 1. The van der Waals surface area contributed by atoms with E-state index in [4.69, 9.17) is 5.84 Å². The Hall–Kier alpha value is -2.53. The quantitative estimate of drug-likeness (QED) is 0.347. The lowest BCUT2D eigenvalue weighted by atomic mass is 10.4. The number of carbonyl (C=O) groups is 1. The summed E-state index contributed by atoms with van der Waals surface area (Å²) in [4.78, 5) is 48.2. The molecule has 0 saturated carbocycles. The lowest BCUT2D eigenvalue weighted by Crippen LogP contribution is -2.40. The van der Waals surface area contributed by atoms with E-state index >= 15 is 0 Å². The summed E-state index contributed by atoms with van der Waals surface area (Å²) in [6.07, 6.45) is 0.474. The zero-order chi connectivity index (χ0) is 14.6. The smallest absolute Gasteiger partial charge is 0.350 e. The van der Waals surface area contributed by atoms with Gasteiger partial charge < -0.3 is 4.84 Å². The van der Waals surface area contributed by atoms with Crippen LogP contribution in [0, 0.1) is 10.1 Å². The number of nitrogens with one attached hydrogen (secondary N) is 1. The zero-order valence-electron chi connectivity index (χ0n) is 9.86. The maximum absolute atomic E-state index is 11.7. The van der Waals surface area contributed by atoms with Crippen LogP contribution in [0.25, 0.3) is 0 Å². The van der Waals surface area contributed by atoms with Crippen molar-refractivity contribution >= 4 is 11.7 Å². The molecule has 0 aliphatic heterocycles. The van der Waals surface area contributed by atoms with Gasteiger partial charge in [0.2, 0.25) is 0 Å². The first-order valence-corrected chi connectivity index (χ1v) is 4.98. The summed E-state index contributed by atoms with van der Waals surface area (Å²) >= 11 is 0. The van der Waals surface area contributed by atoms with E-state index in [1.54, 1.807) is 5.59 Å². The van der Waals surface area contributed by atoms with Gasteiger partial charge >= 0.3 is 22.9 Å². The third-order valence-electron chi connectivity index (χ3n) is 2.22. The van der Waals surface area contributed by atoms with E-state index in [-0.39, 0.29) is 13.0 Å². The number of hydrogen-bond acceptors (Lipinski definition) is 8. The second kappa shape index (κ2) is 5.88. The van der Waals surface area contributed by atoms with Crippen LogP contribution >= 0.6 is 0 Å². The average Bonchev–Trinajstić information content (AvgIpc) is 2.33. The molecule has 3 N–H and O–H groups in total. The van der Waals surface area contributed by atoms with Crippen LogP contribution in [0.2, 0.25) is 0 Å². The monoisotopic (exact) mass is 273 g/mol. The minimum atomic E-state index is -1.08. The van der Waals surface area contributed by atoms with Crippen LogP contribution in [-0.2, 0) is 23.2 Å². The summed E-state index contributed by atoms with van der Waals surface area (Å²) in [6.45, 7) is -0.353. The lowest BCUT2D eigenvalue weighted by Gasteiger charge is -2.06. The molecule has 19 heavy (non-hydrogen) atoms. The Morgan fingerprint density at radius 2 is 2.21 bits per heavy atom. The number of carbonyl (C=O) groups excluding carboxylic acids is 1. The molecular weight excluding hydrogens is 262 g/mol. The minimum Gasteiger partial charge on any atom is -0.356 e. The fraction of sp³-hybridized carbons (Fsp3) is 0.375. The van der Waals surface area contributed by atoms with E-state index in [2.05, 4.69) is 4.84 Å². The van der Waals surface area contributed by atoms with Gasteiger partial charge in [-0.2, -0.15) is 0 Å². The van der Waals surface area contributed by atoms with E-state index in [1.807, 2.05) is 0 Å². The minimum absolute atomic E-state index is 0.347. The standard InChI is InChI=1S/C8H11N5O6/c1-11-4-5(13(17)18)7(15)12(8(11)16)3-2-6(14)19-10-9/h4,10H,2-3,9H2,1H3. The summed E-state index contributed by atoms with van der Waals surface area (Å²) in [5, 5.41) is 10.6. The fourth-order valence-corrected chi connectivity index (χ4v) is 1.35. The third kappa shape index (κ3) is 3.23. The largest absolute Gasteiger partial charge is 0.356 e. The SMILES string of the molecule is Cn1cc([N+](=O)[O-])c(=O)n(CCC(=O)ONN)c1=O. The van der Waals surface area contributed by atoms with Gasteiger partial charge in [-0.3, -0.25) is 28.8 Å². The van der Waals surface area contributed by atoms with Crippen molar-refractivity contribution in [3.63, 3.8) is 0 Å². The molecular formula is C8H11N5O6. The van der Waals surface area contributed by atoms with Gasteiger partial charge in [0, 0.05) is 13.6 Å². The Morgan fingerprint density at radius 1 is 1.58 bits per heavy atom. The molecule has 0 atom stereocenters. The maximum Gasteiger partial charge on any atom is 0.350 e. The van der Waals surface area contributed by atoms with Crippen molar-refractivity contribution in [1.82, 2.24) is 14.7 Å². The van der Waals surface area contributed by atoms with Crippen LogP contribution in [0.1, 0.15) is 6.42 Å². The van der Waals surface area contributed by atoms with Gasteiger partial charge in [-0.05, 0) is 0 Å². The first-order valence-electron chi connectivity index (χ1n) is 4.98. The molecule has 1 aromatic heterocycles. The van der Waals surface area contributed by atoms with Crippen LogP contribution < -0.4 is 22.7 Å². The highest BCUT2D eigenvalue weighted by molar-refractivity contribution is 5.68. The van der Waals surface area contributed by atoms with Crippen molar-refractivity contribution in [3.8, 4) is 0 Å². The first-order chi connectivity index (χ1) is 8.88. The molecule has 1 heterocycles. The fourth-order valence-electron chi connectivity index (χ4n) is 1.35. The van der Waals surface area contributed by atoms with Crippen LogP contribution in [0.5, 0.6) is 0 Å². The zero-order valence-corrected chi connectivity index (χ0v) is 9.86. The Kier molecular flexibility index (Phi) is 4.50. The van der Waals surface area contributed by atoms with Crippen molar-refractivity contribution in [2.24, 2.45) is 12.9 Å². The molecule has 0 aromatic carbocycles. The second-order valence-electron chi connectivity index (χ2n) is 3.46. The number of nitrogens with two attached hydrogens (primary N) is 1. The molecule has 0 spiro atoms. The molecule has 11 heteroatoms. The van der Waals surface area contributed by atoms with Crippen molar-refractivity contribution in [3.05, 3.63) is 37.1 Å². The number of rotatable bonds is 5. The molecule has 0 aliphatic carbocycles. The summed E-state index contributed by atoms with van der Waals surface area (Å²) in [5.74, 6) is 3.91. The summed E-state index contributed by atoms with van der Waals surface area (Å²) in [7, 11) is 1.25. The molecule has 104 valence electrons. The summed E-state index contributed by atoms with van der Waals surface area (Å²) in [6, 6.07) is 0. The molecule has 0 radical (unpaired) electrons. The highest BCUT2D eigenvalue weighted by Crippen LogP contribution is 1.99. The Labute approximate surface area is 105 Å². The number of hydrogen-bond donors (Lipinski definition) is 2. The second-order valence-corrected chi connectivity index (χ2v) is 3.46. The van der Waals surface area contributed by atoms with Gasteiger partial charge in [-0.25, -0.2) is 10.6 Å². The molecule has 0 amide bonds. The molecule has 1 aromatic rings. The third-order valence-corrected chi connectivity index (χ3v) is 2.22. The number of nitrogens with zero attached hydrogens (tertiary/aromatic N) is 3. The van der Waals surface area contributed by atoms with Gasteiger partial charge in [0.25, 0.3) is 0 Å². The molecule has 0 fully saturated rings. The normalized spacial score (nSPS) is 10.2. The van der Waals surface area contributed by atoms with E-state index in [0.717, 1.165) is 10.8 Å². The maximum atomic E-state index is 11.7. The number of hydrazine groups is 1. The molecule has 0 saturated heterocycles. The highest BCUT2D eigenvalue weighted by Gasteiger charge is 2.19. The molecule has 0 unspecified atom stereocenters. The first kappa shape index (κ1) is 14.5. The van der Waals surface area contributed by atoms with Crippen molar-refractivity contribution in [2.45, 2.75) is 13.0 Å². The van der Waals surface area contributed by atoms with Crippen LogP contribution in [-0.4, -0.2) is 20.0 Å². The number of aryl methyl sites for hydroxylation is 1. The van der Waals surface area contributed by atoms with Gasteiger partial charge in [0.05, 0.1) is 17.5 Å². The average molecular weight is 273 g/mol. The Balaban J connectivity index is 3.13. The molecule has 11 nitrogen and oxygen atoms in total. The lowest BCUT2D eigenvalue weighted by molar-refractivity contribution is -0.387. The van der Waals surface area contributed by atoms with Crippen molar-refractivity contribution in [2.75, 3.05) is 0 Å². The van der Waals surface area contributed by atoms with Crippen LogP contribution in [0.3, 0.4) is 0 Å². The molecule has 1 rings (SSSR count).